The molecule has 2 saturated heterocycles. The third kappa shape index (κ3) is 4.59. The van der Waals surface area contributed by atoms with Crippen LogP contribution in [0.5, 0.6) is 5.75 Å². The summed E-state index contributed by atoms with van der Waals surface area (Å²) in [4.78, 5) is 25.9. The summed E-state index contributed by atoms with van der Waals surface area (Å²) >= 11 is 0. The molecule has 1 aromatic carbocycles. The molecule has 154 valence electrons. The van der Waals surface area contributed by atoms with Crippen molar-refractivity contribution >= 4 is 23.4 Å². The van der Waals surface area contributed by atoms with Gasteiger partial charge >= 0.3 is 0 Å². The van der Waals surface area contributed by atoms with E-state index >= 15 is 0 Å². The van der Waals surface area contributed by atoms with Gasteiger partial charge in [-0.25, -0.2) is 4.98 Å². The molecule has 1 atom stereocenters. The van der Waals surface area contributed by atoms with Crippen molar-refractivity contribution in [1.29, 1.82) is 0 Å². The van der Waals surface area contributed by atoms with E-state index in [0.717, 1.165) is 35.8 Å². The van der Waals surface area contributed by atoms with E-state index < -0.39 is 0 Å². The number of hydrogen-bond donors (Lipinski definition) is 1. The van der Waals surface area contributed by atoms with Crippen molar-refractivity contribution in [3.05, 3.63) is 36.0 Å². The number of piperazine rings is 1. The molecule has 1 amide bonds. The molecule has 8 nitrogen and oxygen atoms in total. The van der Waals surface area contributed by atoms with Crippen molar-refractivity contribution < 1.29 is 14.3 Å². The Bertz CT molecular complexity index is 844. The van der Waals surface area contributed by atoms with Gasteiger partial charge in [0.15, 0.2) is 0 Å². The number of ether oxygens (including phenoxy) is 2. The molecule has 0 aliphatic carbocycles. The van der Waals surface area contributed by atoms with Gasteiger partial charge in [0.2, 0.25) is 5.95 Å². The van der Waals surface area contributed by atoms with Gasteiger partial charge in [0.1, 0.15) is 17.7 Å². The minimum absolute atomic E-state index is 0.120. The van der Waals surface area contributed by atoms with Crippen LogP contribution in [0.1, 0.15) is 18.5 Å². The number of benzene rings is 1. The second kappa shape index (κ2) is 8.65. The van der Waals surface area contributed by atoms with Gasteiger partial charge in [0.05, 0.1) is 7.11 Å². The second-order valence-electron chi connectivity index (χ2n) is 7.36. The fourth-order valence-electron chi connectivity index (χ4n) is 3.68. The maximum absolute atomic E-state index is 12.5. The van der Waals surface area contributed by atoms with E-state index in [4.69, 9.17) is 9.47 Å². The number of aryl methyl sites for hydroxylation is 1. The van der Waals surface area contributed by atoms with Gasteiger partial charge in [-0.1, -0.05) is 0 Å². The van der Waals surface area contributed by atoms with Crippen LogP contribution in [0.3, 0.4) is 0 Å². The Morgan fingerprint density at radius 2 is 1.93 bits per heavy atom. The summed E-state index contributed by atoms with van der Waals surface area (Å²) in [6.07, 6.45) is 1.55. The quantitative estimate of drug-likeness (QED) is 0.830. The van der Waals surface area contributed by atoms with Crippen molar-refractivity contribution in [2.45, 2.75) is 25.9 Å². The minimum Gasteiger partial charge on any atom is -0.497 e. The third-order valence-electron chi connectivity index (χ3n) is 5.28. The van der Waals surface area contributed by atoms with Crippen molar-refractivity contribution in [1.82, 2.24) is 14.9 Å². The number of methoxy groups -OCH3 is 1. The number of carbonyl (C=O) groups is 1. The minimum atomic E-state index is -0.253. The highest BCUT2D eigenvalue weighted by atomic mass is 16.5. The fraction of sp³-hybridized carbons (Fsp3) is 0.476. The Morgan fingerprint density at radius 1 is 1.17 bits per heavy atom. The molecule has 2 fully saturated rings. The first-order valence-electron chi connectivity index (χ1n) is 10.0. The highest BCUT2D eigenvalue weighted by molar-refractivity contribution is 5.81. The molecule has 3 heterocycles. The molecule has 4 rings (SSSR count). The summed E-state index contributed by atoms with van der Waals surface area (Å²) in [7, 11) is 1.65. The van der Waals surface area contributed by atoms with E-state index in [1.165, 1.54) is 0 Å². The van der Waals surface area contributed by atoms with Crippen LogP contribution in [0.2, 0.25) is 0 Å². The number of carbonyl (C=O) groups excluding carboxylic acids is 1. The summed E-state index contributed by atoms with van der Waals surface area (Å²) in [6.45, 7) is 5.40. The number of amides is 1. The summed E-state index contributed by atoms with van der Waals surface area (Å²) in [6, 6.07) is 9.63. The highest BCUT2D eigenvalue weighted by Crippen LogP contribution is 2.22. The van der Waals surface area contributed by atoms with Crippen LogP contribution in [0.15, 0.2) is 30.3 Å². The molecule has 2 aliphatic rings. The average molecular weight is 397 g/mol. The first-order valence-corrected chi connectivity index (χ1v) is 10.0. The zero-order valence-electron chi connectivity index (χ0n) is 16.9. The predicted octanol–water partition coefficient (Wildman–Crippen LogP) is 2.36. The second-order valence-corrected chi connectivity index (χ2v) is 7.36. The molecule has 0 saturated carbocycles. The number of hydrogen-bond acceptors (Lipinski definition) is 7. The first-order chi connectivity index (χ1) is 14.1. The molecule has 0 unspecified atom stereocenters. The van der Waals surface area contributed by atoms with Gasteiger partial charge in [-0.15, -0.1) is 0 Å². The van der Waals surface area contributed by atoms with E-state index in [1.807, 2.05) is 42.2 Å². The van der Waals surface area contributed by atoms with Crippen LogP contribution in [-0.4, -0.2) is 66.8 Å². The van der Waals surface area contributed by atoms with Crippen molar-refractivity contribution in [3.63, 3.8) is 0 Å². The summed E-state index contributed by atoms with van der Waals surface area (Å²) in [5.41, 5.74) is 1.82. The Hall–Kier alpha value is -2.87. The lowest BCUT2D eigenvalue weighted by Crippen LogP contribution is -2.51. The normalized spacial score (nSPS) is 19.3. The Morgan fingerprint density at radius 3 is 2.59 bits per heavy atom. The third-order valence-corrected chi connectivity index (χ3v) is 5.28. The van der Waals surface area contributed by atoms with E-state index in [9.17, 15) is 4.79 Å². The van der Waals surface area contributed by atoms with Gasteiger partial charge in [0.25, 0.3) is 5.91 Å². The number of nitrogens with one attached hydrogen (secondary N) is 1. The van der Waals surface area contributed by atoms with Gasteiger partial charge in [-0.2, -0.15) is 4.98 Å². The lowest BCUT2D eigenvalue weighted by Gasteiger charge is -2.35. The van der Waals surface area contributed by atoms with Crippen LogP contribution in [-0.2, 0) is 9.53 Å². The highest BCUT2D eigenvalue weighted by Gasteiger charge is 2.30. The van der Waals surface area contributed by atoms with Crippen molar-refractivity contribution in [2.24, 2.45) is 0 Å². The van der Waals surface area contributed by atoms with Gasteiger partial charge in [-0.3, -0.25) is 4.79 Å². The number of anilines is 3. The average Bonchev–Trinajstić information content (AvgIpc) is 3.28. The summed E-state index contributed by atoms with van der Waals surface area (Å²) in [5.74, 6) is 2.36. The zero-order chi connectivity index (χ0) is 20.2. The molecule has 0 spiro atoms. The van der Waals surface area contributed by atoms with E-state index in [-0.39, 0.29) is 12.0 Å². The first kappa shape index (κ1) is 19.4. The smallest absolute Gasteiger partial charge is 0.251 e. The van der Waals surface area contributed by atoms with E-state index in [2.05, 4.69) is 20.2 Å². The lowest BCUT2D eigenvalue weighted by molar-refractivity contribution is -0.141. The van der Waals surface area contributed by atoms with Crippen molar-refractivity contribution in [3.8, 4) is 5.75 Å². The molecular formula is C21H27N5O3. The molecule has 8 heteroatoms. The molecular weight excluding hydrogens is 370 g/mol. The lowest BCUT2D eigenvalue weighted by atomic mass is 10.2. The number of nitrogens with zero attached hydrogens (tertiary/aromatic N) is 4. The predicted molar refractivity (Wildman–Crippen MR) is 111 cm³/mol. The maximum atomic E-state index is 12.5. The monoisotopic (exact) mass is 397 g/mol. The Labute approximate surface area is 170 Å². The van der Waals surface area contributed by atoms with Crippen LogP contribution >= 0.6 is 0 Å². The van der Waals surface area contributed by atoms with E-state index in [1.54, 1.807) is 7.11 Å². The molecule has 2 aromatic rings. The topological polar surface area (TPSA) is 79.8 Å². The Balaban J connectivity index is 1.40. The van der Waals surface area contributed by atoms with Crippen LogP contribution in [0.4, 0.5) is 17.5 Å². The van der Waals surface area contributed by atoms with Gasteiger partial charge in [-0.05, 0) is 44.0 Å². The largest absolute Gasteiger partial charge is 0.497 e. The van der Waals surface area contributed by atoms with Gasteiger partial charge in [0, 0.05) is 50.2 Å². The fourth-order valence-corrected chi connectivity index (χ4v) is 3.68. The molecule has 0 bridgehead atoms. The standard InChI is InChI=1S/C21H27N5O3/c1-15-14-19(23-16-5-7-17(28-2)8-6-16)24-21(22-15)26-11-9-25(10-12-26)20(27)18-4-3-13-29-18/h5-8,14,18H,3-4,9-13H2,1-2H3,(H,22,23,24)/t18-/m1/s1. The van der Waals surface area contributed by atoms with Crippen LogP contribution < -0.4 is 15.0 Å². The molecule has 1 N–H and O–H groups in total. The molecule has 1 aromatic heterocycles. The molecule has 29 heavy (non-hydrogen) atoms. The van der Waals surface area contributed by atoms with Crippen molar-refractivity contribution in [2.75, 3.05) is 50.1 Å². The van der Waals surface area contributed by atoms with Crippen LogP contribution in [0, 0.1) is 6.92 Å². The summed E-state index contributed by atoms with van der Waals surface area (Å²) in [5, 5.41) is 3.33. The number of rotatable bonds is 5. The van der Waals surface area contributed by atoms with Crippen LogP contribution in [0.25, 0.3) is 0 Å². The number of aromatic nitrogens is 2. The molecule has 2 aliphatic heterocycles. The SMILES string of the molecule is COc1ccc(Nc2cc(C)nc(N3CCN(C(=O)[C@H]4CCCO4)CC3)n2)cc1. The Kier molecular flexibility index (Phi) is 5.80. The van der Waals surface area contributed by atoms with E-state index in [0.29, 0.717) is 38.7 Å². The zero-order valence-corrected chi connectivity index (χ0v) is 16.9. The summed E-state index contributed by atoms with van der Waals surface area (Å²) < 4.78 is 10.7. The molecule has 0 radical (unpaired) electrons. The van der Waals surface area contributed by atoms with Gasteiger partial charge < -0.3 is 24.6 Å². The maximum Gasteiger partial charge on any atom is 0.251 e.